The summed E-state index contributed by atoms with van der Waals surface area (Å²) in [5, 5.41) is 11.6. The Kier molecular flexibility index (Phi) is 12.8. The highest BCUT2D eigenvalue weighted by Gasteiger charge is 2.12. The number of aromatic nitrogens is 2. The highest BCUT2D eigenvalue weighted by atomic mass is 16.4. The smallest absolute Gasteiger partial charge is 0.240 e. The molecule has 7 heteroatoms. The third-order valence-electron chi connectivity index (χ3n) is 3.10. The van der Waals surface area contributed by atoms with Crippen LogP contribution in [0.1, 0.15) is 57.7 Å². The van der Waals surface area contributed by atoms with E-state index in [0.29, 0.717) is 24.6 Å². The van der Waals surface area contributed by atoms with E-state index in [1.165, 1.54) is 12.6 Å². The topological polar surface area (TPSA) is 106 Å². The van der Waals surface area contributed by atoms with Crippen molar-refractivity contribution in [1.82, 2.24) is 15.6 Å². The van der Waals surface area contributed by atoms with E-state index in [9.17, 15) is 4.79 Å². The number of nitrogens with one attached hydrogen (secondary N) is 1. The first-order valence-corrected chi connectivity index (χ1v) is 8.46. The van der Waals surface area contributed by atoms with Crippen LogP contribution in [0.15, 0.2) is 33.8 Å². The van der Waals surface area contributed by atoms with E-state index in [4.69, 9.17) is 4.42 Å². The predicted octanol–water partition coefficient (Wildman–Crippen LogP) is 3.07. The fraction of sp³-hybridized carbons (Fsp3) is 0.556. The molecule has 0 saturated carbocycles. The third kappa shape index (κ3) is 11.8. The van der Waals surface area contributed by atoms with Gasteiger partial charge in [0.1, 0.15) is 0 Å². The average Bonchev–Trinajstić information content (AvgIpc) is 3.02. The number of unbranched alkanes of at least 4 members (excludes halogenated alkanes) is 1. The summed E-state index contributed by atoms with van der Waals surface area (Å²) < 4.78 is 5.23. The molecule has 0 atom stereocenters. The Morgan fingerprint density at radius 2 is 1.96 bits per heavy atom. The maximum Gasteiger partial charge on any atom is 0.240 e. The number of hydrogen-bond acceptors (Lipinski definition) is 6. The number of rotatable bonds is 6. The van der Waals surface area contributed by atoms with Gasteiger partial charge in [-0.2, -0.15) is 5.10 Å². The van der Waals surface area contributed by atoms with Crippen LogP contribution in [0.3, 0.4) is 0 Å². The van der Waals surface area contributed by atoms with Crippen molar-refractivity contribution < 1.29 is 9.21 Å². The van der Waals surface area contributed by atoms with E-state index in [2.05, 4.69) is 53.0 Å². The molecule has 1 aliphatic heterocycles. The lowest BCUT2D eigenvalue weighted by Crippen LogP contribution is -2.25. The lowest BCUT2D eigenvalue weighted by atomic mass is 10.1. The van der Waals surface area contributed by atoms with Crippen molar-refractivity contribution in [2.24, 2.45) is 10.8 Å². The second kappa shape index (κ2) is 14.1. The molecule has 0 aromatic carbocycles. The van der Waals surface area contributed by atoms with E-state index < -0.39 is 0 Å². The molecule has 1 aromatic rings. The standard InChI is InChI=1S/C9H12N4O2.C8H14.CH5N/c1-6-10-13-9(15-6)5-3-7-2-4-8(14)12-11-7;1-4-5-6-7-8(2)3;1-2/h2-5H2,1H3,(H,12,14);4,7H,1,5-6H2,2-3H3;2H2,1H3. The molecule has 2 rings (SSSR count). The van der Waals surface area contributed by atoms with Gasteiger partial charge in [0.25, 0.3) is 0 Å². The highest BCUT2D eigenvalue weighted by molar-refractivity contribution is 5.92. The van der Waals surface area contributed by atoms with Gasteiger partial charge in [0.2, 0.25) is 17.7 Å². The Balaban J connectivity index is 0.000000493. The van der Waals surface area contributed by atoms with Crippen molar-refractivity contribution >= 4 is 11.6 Å². The monoisotopic (exact) mass is 349 g/mol. The molecule has 0 aliphatic carbocycles. The number of aryl methyl sites for hydroxylation is 2. The Labute approximate surface area is 150 Å². The maximum atomic E-state index is 10.8. The molecular formula is C18H31N5O2. The van der Waals surface area contributed by atoms with E-state index in [1.54, 1.807) is 6.92 Å². The molecule has 0 radical (unpaired) electrons. The number of nitrogens with zero attached hydrogens (tertiary/aromatic N) is 3. The van der Waals surface area contributed by atoms with Gasteiger partial charge in [-0.3, -0.25) is 4.79 Å². The number of hydrazone groups is 1. The van der Waals surface area contributed by atoms with Crippen LogP contribution in [-0.2, 0) is 11.2 Å². The molecular weight excluding hydrogens is 318 g/mol. The summed E-state index contributed by atoms with van der Waals surface area (Å²) in [6, 6.07) is 0. The summed E-state index contributed by atoms with van der Waals surface area (Å²) in [4.78, 5) is 10.8. The van der Waals surface area contributed by atoms with Gasteiger partial charge in [-0.25, -0.2) is 5.43 Å². The zero-order chi connectivity index (χ0) is 19.1. The van der Waals surface area contributed by atoms with Gasteiger partial charge in [-0.15, -0.1) is 16.8 Å². The molecule has 0 fully saturated rings. The first-order chi connectivity index (χ1) is 12.0. The average molecular weight is 349 g/mol. The van der Waals surface area contributed by atoms with Crippen molar-refractivity contribution in [3.05, 3.63) is 36.1 Å². The summed E-state index contributed by atoms with van der Waals surface area (Å²) >= 11 is 0. The van der Waals surface area contributed by atoms with Crippen molar-refractivity contribution in [2.75, 3.05) is 7.05 Å². The summed E-state index contributed by atoms with van der Waals surface area (Å²) in [6.45, 7) is 9.62. The number of carbonyl (C=O) groups is 1. The molecule has 7 nitrogen and oxygen atoms in total. The van der Waals surface area contributed by atoms with Crippen molar-refractivity contribution in [3.63, 3.8) is 0 Å². The first-order valence-electron chi connectivity index (χ1n) is 8.46. The number of allylic oxidation sites excluding steroid dienone is 3. The SMILES string of the molecule is C=CCCC=C(C)C.CN.Cc1nnc(CCC2=NNC(=O)CC2)o1. The molecule has 1 aromatic heterocycles. The second-order valence-electron chi connectivity index (χ2n) is 5.58. The van der Waals surface area contributed by atoms with Crippen LogP contribution in [-0.4, -0.2) is 28.9 Å². The van der Waals surface area contributed by atoms with E-state index in [-0.39, 0.29) is 5.91 Å². The van der Waals surface area contributed by atoms with Gasteiger partial charge in [0.05, 0.1) is 0 Å². The molecule has 25 heavy (non-hydrogen) atoms. The minimum Gasteiger partial charge on any atom is -0.426 e. The molecule has 1 aliphatic rings. The van der Waals surface area contributed by atoms with E-state index in [0.717, 1.165) is 31.4 Å². The van der Waals surface area contributed by atoms with Gasteiger partial charge in [-0.05, 0) is 46.6 Å². The number of hydrogen-bond donors (Lipinski definition) is 2. The zero-order valence-corrected chi connectivity index (χ0v) is 15.8. The maximum absolute atomic E-state index is 10.8. The lowest BCUT2D eigenvalue weighted by molar-refractivity contribution is -0.121. The molecule has 0 unspecified atom stereocenters. The van der Waals surface area contributed by atoms with Crippen LogP contribution >= 0.6 is 0 Å². The normalized spacial score (nSPS) is 12.5. The third-order valence-corrected chi connectivity index (χ3v) is 3.10. The number of amides is 1. The molecule has 0 saturated heterocycles. The van der Waals surface area contributed by atoms with Crippen LogP contribution in [0, 0.1) is 6.92 Å². The van der Waals surface area contributed by atoms with Crippen molar-refractivity contribution in [3.8, 4) is 0 Å². The van der Waals surface area contributed by atoms with Gasteiger partial charge >= 0.3 is 0 Å². The Morgan fingerprint density at radius 3 is 2.44 bits per heavy atom. The fourth-order valence-electron chi connectivity index (χ4n) is 1.87. The summed E-state index contributed by atoms with van der Waals surface area (Å²) in [7, 11) is 1.50. The molecule has 140 valence electrons. The quantitative estimate of drug-likeness (QED) is 0.606. The summed E-state index contributed by atoms with van der Waals surface area (Å²) in [5.41, 5.74) is 9.33. The highest BCUT2D eigenvalue weighted by Crippen LogP contribution is 2.07. The van der Waals surface area contributed by atoms with E-state index in [1.807, 2.05) is 6.08 Å². The fourth-order valence-corrected chi connectivity index (χ4v) is 1.87. The summed E-state index contributed by atoms with van der Waals surface area (Å²) in [6.07, 6.45) is 9.08. The number of nitrogens with two attached hydrogens (primary N) is 1. The van der Waals surface area contributed by atoms with E-state index >= 15 is 0 Å². The van der Waals surface area contributed by atoms with Gasteiger partial charge < -0.3 is 10.2 Å². The molecule has 0 bridgehead atoms. The van der Waals surface area contributed by atoms with Gasteiger partial charge in [-0.1, -0.05) is 17.7 Å². The summed E-state index contributed by atoms with van der Waals surface area (Å²) in [5.74, 6) is 1.17. The Bertz CT molecular complexity index is 572. The molecule has 1 amide bonds. The van der Waals surface area contributed by atoms with Gasteiger partial charge in [0.15, 0.2) is 0 Å². The molecule has 0 spiro atoms. The molecule has 2 heterocycles. The predicted molar refractivity (Wildman–Crippen MR) is 101 cm³/mol. The Morgan fingerprint density at radius 1 is 1.24 bits per heavy atom. The van der Waals surface area contributed by atoms with Crippen LogP contribution in [0.4, 0.5) is 0 Å². The lowest BCUT2D eigenvalue weighted by Gasteiger charge is -2.10. The van der Waals surface area contributed by atoms with Gasteiger partial charge in [0, 0.05) is 25.5 Å². The van der Waals surface area contributed by atoms with Crippen LogP contribution < -0.4 is 11.2 Å². The minimum absolute atomic E-state index is 0.0209. The van der Waals surface area contributed by atoms with Crippen LogP contribution in [0.2, 0.25) is 0 Å². The minimum atomic E-state index is -0.0209. The van der Waals surface area contributed by atoms with Crippen LogP contribution in [0.5, 0.6) is 0 Å². The zero-order valence-electron chi connectivity index (χ0n) is 15.8. The first kappa shape index (κ1) is 22.7. The largest absolute Gasteiger partial charge is 0.426 e. The Hall–Kier alpha value is -2.28. The molecule has 3 N–H and O–H groups in total. The second-order valence-corrected chi connectivity index (χ2v) is 5.58. The van der Waals surface area contributed by atoms with Crippen molar-refractivity contribution in [2.45, 2.75) is 59.3 Å². The number of carbonyl (C=O) groups excluding carboxylic acids is 1. The van der Waals surface area contributed by atoms with Crippen LogP contribution in [0.25, 0.3) is 0 Å². The van der Waals surface area contributed by atoms with Crippen molar-refractivity contribution in [1.29, 1.82) is 0 Å².